The smallest absolute Gasteiger partial charge is 0.276 e. The molecule has 1 heterocycles. The summed E-state index contributed by atoms with van der Waals surface area (Å²) in [5, 5.41) is 0. The van der Waals surface area contributed by atoms with E-state index in [4.69, 9.17) is 0 Å². The van der Waals surface area contributed by atoms with Gasteiger partial charge in [0.1, 0.15) is 0 Å². The van der Waals surface area contributed by atoms with Crippen LogP contribution in [0.3, 0.4) is 0 Å². The van der Waals surface area contributed by atoms with Gasteiger partial charge in [-0.2, -0.15) is 0 Å². The van der Waals surface area contributed by atoms with Crippen LogP contribution in [0.1, 0.15) is 64.2 Å². The van der Waals surface area contributed by atoms with Crippen molar-refractivity contribution in [2.24, 2.45) is 0 Å². The third kappa shape index (κ3) is 2.51. The molecule has 0 spiro atoms. The van der Waals surface area contributed by atoms with Crippen molar-refractivity contribution in [3.63, 3.8) is 0 Å². The van der Waals surface area contributed by atoms with E-state index in [9.17, 15) is 14.4 Å². The molecule has 2 aliphatic carbocycles. The Morgan fingerprint density at radius 1 is 0.762 bits per heavy atom. The molecular weight excluding hydrogens is 268 g/mol. The van der Waals surface area contributed by atoms with Gasteiger partial charge in [0.05, 0.1) is 0 Å². The Morgan fingerprint density at radius 3 is 1.71 bits per heavy atom. The lowest BCUT2D eigenvalue weighted by Crippen LogP contribution is -2.44. The fraction of sp³-hybridized carbons (Fsp3) is 0.750. The van der Waals surface area contributed by atoms with Crippen molar-refractivity contribution in [3.05, 3.63) is 5.70 Å². The van der Waals surface area contributed by atoms with E-state index in [1.165, 1.54) is 16.2 Å². The molecule has 1 saturated heterocycles. The van der Waals surface area contributed by atoms with Gasteiger partial charge in [0.25, 0.3) is 5.91 Å². The Balaban J connectivity index is 1.85. The second kappa shape index (κ2) is 6.02. The number of imide groups is 1. The maximum Gasteiger partial charge on any atom is 0.332 e. The van der Waals surface area contributed by atoms with E-state index in [0.717, 1.165) is 57.8 Å². The first-order valence-electron chi connectivity index (χ1n) is 8.16. The molecule has 21 heavy (non-hydrogen) atoms. The zero-order valence-electron chi connectivity index (χ0n) is 12.3. The first kappa shape index (κ1) is 14.3. The molecule has 0 atom stereocenters. The Kier molecular flexibility index (Phi) is 4.11. The monoisotopic (exact) mass is 290 g/mol. The number of urea groups is 1. The van der Waals surface area contributed by atoms with Gasteiger partial charge in [-0.3, -0.25) is 14.6 Å². The summed E-state index contributed by atoms with van der Waals surface area (Å²) in [5.41, 5.74) is -0.0579. The van der Waals surface area contributed by atoms with Crippen LogP contribution in [-0.4, -0.2) is 39.8 Å². The Hall–Kier alpha value is -1.61. The maximum absolute atomic E-state index is 12.7. The van der Waals surface area contributed by atoms with Gasteiger partial charge in [-0.25, -0.2) is 9.59 Å². The summed E-state index contributed by atoms with van der Waals surface area (Å²) in [6.45, 7) is 0. The lowest BCUT2D eigenvalue weighted by atomic mass is 9.94. The SMILES string of the molecule is O=C=C1C(=O)N(C2CCCCC2)C(=O)N1C1CCCCC1. The molecule has 0 aromatic carbocycles. The van der Waals surface area contributed by atoms with Crippen LogP contribution in [0, 0.1) is 0 Å². The minimum absolute atomic E-state index is 0.000223. The van der Waals surface area contributed by atoms with Gasteiger partial charge in [0.2, 0.25) is 0 Å². The Labute approximate surface area is 125 Å². The maximum atomic E-state index is 12.7. The van der Waals surface area contributed by atoms with Crippen LogP contribution in [0.4, 0.5) is 4.79 Å². The molecular formula is C16H22N2O3. The van der Waals surface area contributed by atoms with Crippen molar-refractivity contribution in [1.82, 2.24) is 9.80 Å². The summed E-state index contributed by atoms with van der Waals surface area (Å²) in [6.07, 6.45) is 10.0. The van der Waals surface area contributed by atoms with Gasteiger partial charge in [-0.15, -0.1) is 0 Å². The summed E-state index contributed by atoms with van der Waals surface area (Å²) in [7, 11) is 0. The zero-order chi connectivity index (χ0) is 14.8. The predicted octanol–water partition coefficient (Wildman–Crippen LogP) is 2.63. The second-order valence-electron chi connectivity index (χ2n) is 6.36. The number of hydrogen-bond donors (Lipinski definition) is 0. The summed E-state index contributed by atoms with van der Waals surface area (Å²) < 4.78 is 0. The van der Waals surface area contributed by atoms with Gasteiger partial charge in [-0.05, 0) is 25.7 Å². The molecule has 0 radical (unpaired) electrons. The molecule has 114 valence electrons. The van der Waals surface area contributed by atoms with Crippen molar-refractivity contribution < 1.29 is 14.4 Å². The quantitative estimate of drug-likeness (QED) is 0.446. The van der Waals surface area contributed by atoms with Crippen LogP contribution in [0.15, 0.2) is 5.70 Å². The molecule has 0 unspecified atom stereocenters. The van der Waals surface area contributed by atoms with Crippen molar-refractivity contribution in [2.75, 3.05) is 0 Å². The van der Waals surface area contributed by atoms with E-state index < -0.39 is 5.91 Å². The number of hydrogen-bond acceptors (Lipinski definition) is 3. The molecule has 3 amide bonds. The highest BCUT2D eigenvalue weighted by Crippen LogP contribution is 2.34. The first-order valence-corrected chi connectivity index (χ1v) is 8.16. The van der Waals surface area contributed by atoms with Crippen LogP contribution >= 0.6 is 0 Å². The summed E-state index contributed by atoms with van der Waals surface area (Å²) in [5.74, 6) is 1.32. The average Bonchev–Trinajstić information content (AvgIpc) is 2.79. The van der Waals surface area contributed by atoms with E-state index in [0.29, 0.717) is 0 Å². The van der Waals surface area contributed by atoms with Crippen LogP contribution < -0.4 is 0 Å². The topological polar surface area (TPSA) is 57.7 Å². The van der Waals surface area contributed by atoms with Crippen LogP contribution in [0.25, 0.3) is 0 Å². The standard InChI is InChI=1S/C16H22N2O3/c19-11-14-15(20)18(13-9-5-2-6-10-13)16(21)17(14)12-7-3-1-4-8-12/h12-13H,1-10H2. The molecule has 5 heteroatoms. The molecule has 5 nitrogen and oxygen atoms in total. The third-order valence-electron chi connectivity index (χ3n) is 5.05. The summed E-state index contributed by atoms with van der Waals surface area (Å²) in [6, 6.07) is -0.312. The van der Waals surface area contributed by atoms with E-state index in [1.807, 2.05) is 0 Å². The van der Waals surface area contributed by atoms with E-state index in [1.54, 1.807) is 5.94 Å². The lowest BCUT2D eigenvalue weighted by Gasteiger charge is -2.32. The second-order valence-corrected chi connectivity index (χ2v) is 6.36. The zero-order valence-corrected chi connectivity index (χ0v) is 12.3. The molecule has 0 aromatic rings. The van der Waals surface area contributed by atoms with E-state index >= 15 is 0 Å². The van der Waals surface area contributed by atoms with Crippen molar-refractivity contribution >= 4 is 17.9 Å². The van der Waals surface area contributed by atoms with Crippen molar-refractivity contribution in [3.8, 4) is 0 Å². The minimum atomic E-state index is -0.424. The van der Waals surface area contributed by atoms with Gasteiger partial charge in [-0.1, -0.05) is 38.5 Å². The number of nitrogens with zero attached hydrogens (tertiary/aromatic N) is 2. The molecule has 0 aromatic heterocycles. The summed E-state index contributed by atoms with van der Waals surface area (Å²) in [4.78, 5) is 39.2. The molecule has 0 N–H and O–H groups in total. The number of amides is 3. The molecule has 3 rings (SSSR count). The number of rotatable bonds is 2. The third-order valence-corrected chi connectivity index (χ3v) is 5.05. The van der Waals surface area contributed by atoms with Gasteiger partial charge in [0.15, 0.2) is 11.6 Å². The van der Waals surface area contributed by atoms with E-state index in [-0.39, 0.29) is 23.8 Å². The highest BCUT2D eigenvalue weighted by molar-refractivity contribution is 6.16. The van der Waals surface area contributed by atoms with E-state index in [2.05, 4.69) is 0 Å². The van der Waals surface area contributed by atoms with Crippen molar-refractivity contribution in [1.29, 1.82) is 0 Å². The largest absolute Gasteiger partial charge is 0.332 e. The molecule has 0 bridgehead atoms. The van der Waals surface area contributed by atoms with Crippen LogP contribution in [0.2, 0.25) is 0 Å². The molecule has 3 fully saturated rings. The fourth-order valence-electron chi connectivity index (χ4n) is 3.95. The average molecular weight is 290 g/mol. The molecule has 2 saturated carbocycles. The van der Waals surface area contributed by atoms with Gasteiger partial charge in [0, 0.05) is 12.1 Å². The van der Waals surface area contributed by atoms with Crippen molar-refractivity contribution in [2.45, 2.75) is 76.3 Å². The minimum Gasteiger partial charge on any atom is -0.276 e. The Morgan fingerprint density at radius 2 is 1.24 bits per heavy atom. The van der Waals surface area contributed by atoms with Crippen LogP contribution in [0.5, 0.6) is 0 Å². The molecule has 3 aliphatic rings. The first-order chi connectivity index (χ1) is 10.2. The predicted molar refractivity (Wildman–Crippen MR) is 77.0 cm³/mol. The number of carbonyl (C=O) groups is 2. The van der Waals surface area contributed by atoms with Crippen LogP contribution in [-0.2, 0) is 9.59 Å². The highest BCUT2D eigenvalue weighted by atomic mass is 16.2. The Bertz CT molecular complexity index is 484. The van der Waals surface area contributed by atoms with Gasteiger partial charge >= 0.3 is 6.03 Å². The summed E-state index contributed by atoms with van der Waals surface area (Å²) >= 11 is 0. The normalized spacial score (nSPS) is 25.6. The lowest BCUT2D eigenvalue weighted by molar-refractivity contribution is -0.124. The fourth-order valence-corrected chi connectivity index (χ4v) is 3.95. The van der Waals surface area contributed by atoms with Gasteiger partial charge < -0.3 is 0 Å². The number of carbonyl (C=O) groups excluding carboxylic acids is 3. The highest BCUT2D eigenvalue weighted by Gasteiger charge is 2.48. The molecule has 1 aliphatic heterocycles.